The Morgan fingerprint density at radius 3 is 2.50 bits per heavy atom. The Bertz CT molecular complexity index is 238. The molecule has 0 aliphatic rings. The van der Waals surface area contributed by atoms with E-state index in [-0.39, 0.29) is 5.84 Å². The fourth-order valence-corrected chi connectivity index (χ4v) is 0.890. The second-order valence-electron chi connectivity index (χ2n) is 1.87. The summed E-state index contributed by atoms with van der Waals surface area (Å²) in [5, 5.41) is 14.5. The molecule has 0 radical (unpaired) electrons. The molecule has 12 heavy (non-hydrogen) atoms. The summed E-state index contributed by atoms with van der Waals surface area (Å²) in [5.41, 5.74) is 5.27. The topological polar surface area (TPSA) is 98.4 Å². The molecule has 0 aliphatic heterocycles. The molecule has 0 atom stereocenters. The third kappa shape index (κ3) is 3.87. The molecule has 0 aromatic rings. The van der Waals surface area contributed by atoms with Crippen molar-refractivity contribution in [3.8, 4) is 0 Å². The number of hydrogen-bond donors (Lipinski definition) is 3. The first-order valence-electron chi connectivity index (χ1n) is 3.12. The first-order valence-corrected chi connectivity index (χ1v) is 4.34. The number of aliphatic imine (C=N–C) groups is 2. The number of nitrogens with zero attached hydrogens (tertiary/aromatic N) is 2. The van der Waals surface area contributed by atoms with Crippen LogP contribution in [0.3, 0.4) is 0 Å². The van der Waals surface area contributed by atoms with Gasteiger partial charge in [-0.3, -0.25) is 10.8 Å². The molecule has 0 aromatic carbocycles. The van der Waals surface area contributed by atoms with Gasteiger partial charge in [-0.05, 0) is 13.2 Å². The van der Waals surface area contributed by atoms with Gasteiger partial charge in [0.05, 0.1) is 5.84 Å². The van der Waals surface area contributed by atoms with E-state index < -0.39 is 0 Å². The van der Waals surface area contributed by atoms with E-state index in [1.807, 2.05) is 0 Å². The van der Waals surface area contributed by atoms with Gasteiger partial charge in [0.25, 0.3) is 0 Å². The molecular weight excluding hydrogens is 174 g/mol. The van der Waals surface area contributed by atoms with Crippen LogP contribution in [-0.4, -0.2) is 29.3 Å². The zero-order chi connectivity index (χ0) is 9.56. The lowest BCUT2D eigenvalue weighted by molar-refractivity contribution is 1.44. The van der Waals surface area contributed by atoms with Crippen LogP contribution < -0.4 is 5.73 Å². The second-order valence-corrected chi connectivity index (χ2v) is 2.66. The Morgan fingerprint density at radius 1 is 1.58 bits per heavy atom. The third-order valence-corrected chi connectivity index (χ3v) is 1.55. The number of nitrogens with one attached hydrogen (secondary N) is 2. The summed E-state index contributed by atoms with van der Waals surface area (Å²) in [6.07, 6.45) is 2.64. The summed E-state index contributed by atoms with van der Waals surface area (Å²) in [6.45, 7) is 1.59. The fourth-order valence-electron chi connectivity index (χ4n) is 0.493. The molecule has 0 rings (SSSR count). The van der Waals surface area contributed by atoms with Gasteiger partial charge in [-0.25, -0.2) is 9.98 Å². The average Bonchev–Trinajstić information content (AvgIpc) is 1.98. The highest BCUT2D eigenvalue weighted by molar-refractivity contribution is 8.15. The van der Waals surface area contributed by atoms with Crippen molar-refractivity contribution in [3.05, 3.63) is 0 Å². The Balaban J connectivity index is 4.54. The number of thioether (sulfide) groups is 1. The van der Waals surface area contributed by atoms with Gasteiger partial charge in [-0.15, -0.1) is 11.8 Å². The van der Waals surface area contributed by atoms with Crippen molar-refractivity contribution in [2.75, 3.05) is 6.26 Å². The first kappa shape index (κ1) is 10.8. The predicted molar refractivity (Wildman–Crippen MR) is 54.8 cm³/mol. The zero-order valence-electron chi connectivity index (χ0n) is 6.96. The Hall–Kier alpha value is -1.17. The van der Waals surface area contributed by atoms with Crippen molar-refractivity contribution in [1.29, 1.82) is 10.8 Å². The van der Waals surface area contributed by atoms with Crippen LogP contribution in [0, 0.1) is 10.8 Å². The molecular formula is C6H11N5S. The zero-order valence-corrected chi connectivity index (χ0v) is 7.77. The molecule has 66 valence electrons. The molecule has 0 aliphatic carbocycles. The highest BCUT2D eigenvalue weighted by atomic mass is 32.2. The third-order valence-electron chi connectivity index (χ3n) is 0.866. The molecule has 4 N–H and O–H groups in total. The summed E-state index contributed by atoms with van der Waals surface area (Å²) >= 11 is 1.26. The van der Waals surface area contributed by atoms with Crippen molar-refractivity contribution in [3.63, 3.8) is 0 Å². The number of nitrogens with two attached hydrogens (primary N) is 1. The molecule has 0 unspecified atom stereocenters. The summed E-state index contributed by atoms with van der Waals surface area (Å²) < 4.78 is 0. The molecule has 0 spiro atoms. The normalized spacial score (nSPS) is 12.8. The van der Waals surface area contributed by atoms with Gasteiger partial charge >= 0.3 is 0 Å². The summed E-state index contributed by atoms with van der Waals surface area (Å²) in [7, 11) is 0. The van der Waals surface area contributed by atoms with Gasteiger partial charge in [0.2, 0.25) is 0 Å². The van der Waals surface area contributed by atoms with E-state index in [9.17, 15) is 0 Å². The smallest absolute Gasteiger partial charge is 0.179 e. The number of rotatable bonds is 1. The molecule has 0 saturated heterocycles. The summed E-state index contributed by atoms with van der Waals surface area (Å²) in [6, 6.07) is 0. The van der Waals surface area contributed by atoms with E-state index in [1.165, 1.54) is 11.8 Å². The van der Waals surface area contributed by atoms with E-state index in [0.29, 0.717) is 10.9 Å². The van der Waals surface area contributed by atoms with Crippen LogP contribution in [-0.2, 0) is 0 Å². The molecule has 0 amide bonds. The Morgan fingerprint density at radius 2 is 2.17 bits per heavy atom. The van der Waals surface area contributed by atoms with Gasteiger partial charge in [-0.2, -0.15) is 0 Å². The number of amidine groups is 2. The minimum Gasteiger partial charge on any atom is -0.387 e. The van der Waals surface area contributed by atoms with Crippen LogP contribution in [0.15, 0.2) is 9.98 Å². The van der Waals surface area contributed by atoms with E-state index >= 15 is 0 Å². The summed E-state index contributed by atoms with van der Waals surface area (Å²) in [5.74, 6) is 0.303. The largest absolute Gasteiger partial charge is 0.387 e. The van der Waals surface area contributed by atoms with Gasteiger partial charge in [0, 0.05) is 0 Å². The van der Waals surface area contributed by atoms with Crippen molar-refractivity contribution < 1.29 is 0 Å². The molecule has 0 fully saturated rings. The first-order chi connectivity index (χ1) is 5.61. The van der Waals surface area contributed by atoms with Crippen molar-refractivity contribution in [1.82, 2.24) is 0 Å². The Kier molecular flexibility index (Phi) is 4.94. The maximum atomic E-state index is 7.36. The van der Waals surface area contributed by atoms with Crippen LogP contribution >= 0.6 is 11.8 Å². The van der Waals surface area contributed by atoms with Crippen molar-refractivity contribution in [2.45, 2.75) is 6.92 Å². The maximum absolute atomic E-state index is 7.36. The molecule has 5 nitrogen and oxygen atoms in total. The van der Waals surface area contributed by atoms with Gasteiger partial charge < -0.3 is 5.73 Å². The summed E-state index contributed by atoms with van der Waals surface area (Å²) in [4.78, 5) is 7.32. The van der Waals surface area contributed by atoms with Crippen LogP contribution in [0.4, 0.5) is 0 Å². The minimum atomic E-state index is -0.00833. The van der Waals surface area contributed by atoms with Crippen LogP contribution in [0.1, 0.15) is 6.92 Å². The maximum Gasteiger partial charge on any atom is 0.179 e. The Labute approximate surface area is 75.2 Å². The van der Waals surface area contributed by atoms with Crippen molar-refractivity contribution in [2.24, 2.45) is 15.7 Å². The molecule has 6 heteroatoms. The SMILES string of the molecule is CSC(=NC=N)C(=N)N=C(C)N. The molecule has 0 saturated carbocycles. The second kappa shape index (κ2) is 5.48. The molecule has 0 heterocycles. The molecule has 0 aromatic heterocycles. The standard InChI is InChI=1S/C6H11N5S/c1-4(8)11-5(9)6(12-2)10-3-7/h3,7H,1-2H3,(H3,8,9,11). The lowest BCUT2D eigenvalue weighted by Crippen LogP contribution is -2.13. The predicted octanol–water partition coefficient (Wildman–Crippen LogP) is 0.709. The highest BCUT2D eigenvalue weighted by Crippen LogP contribution is 2.00. The van der Waals surface area contributed by atoms with Crippen LogP contribution in [0.5, 0.6) is 0 Å². The van der Waals surface area contributed by atoms with Crippen LogP contribution in [0.25, 0.3) is 0 Å². The van der Waals surface area contributed by atoms with Gasteiger partial charge in [0.1, 0.15) is 11.4 Å². The fraction of sp³-hybridized carbons (Fsp3) is 0.333. The van der Waals surface area contributed by atoms with Gasteiger partial charge in [0.15, 0.2) is 5.84 Å². The van der Waals surface area contributed by atoms with E-state index in [4.69, 9.17) is 16.6 Å². The lowest BCUT2D eigenvalue weighted by atomic mass is 10.6. The van der Waals surface area contributed by atoms with Gasteiger partial charge in [-0.1, -0.05) is 0 Å². The average molecular weight is 185 g/mol. The quantitative estimate of drug-likeness (QED) is 0.414. The van der Waals surface area contributed by atoms with E-state index in [0.717, 1.165) is 6.34 Å². The van der Waals surface area contributed by atoms with E-state index in [1.54, 1.807) is 13.2 Å². The lowest BCUT2D eigenvalue weighted by Gasteiger charge is -1.97. The van der Waals surface area contributed by atoms with E-state index in [2.05, 4.69) is 9.98 Å². The van der Waals surface area contributed by atoms with Crippen molar-refractivity contribution >= 4 is 34.8 Å². The monoisotopic (exact) mass is 185 g/mol. The highest BCUT2D eigenvalue weighted by Gasteiger charge is 2.02. The van der Waals surface area contributed by atoms with Crippen LogP contribution in [0.2, 0.25) is 0 Å². The minimum absolute atomic E-state index is 0.00833. The molecule has 0 bridgehead atoms. The number of hydrogen-bond acceptors (Lipinski definition) is 3.